The summed E-state index contributed by atoms with van der Waals surface area (Å²) in [5.41, 5.74) is 16.1. The van der Waals surface area contributed by atoms with Crippen LogP contribution in [0.15, 0.2) is 0 Å². The first-order valence-electron chi connectivity index (χ1n) is 23.7. The number of aliphatic hydroxyl groups is 1. The van der Waals surface area contributed by atoms with Crippen molar-refractivity contribution >= 4 is 70.3 Å². The molecule has 382 valence electrons. The fourth-order valence-corrected chi connectivity index (χ4v) is 8.43. The van der Waals surface area contributed by atoms with Crippen molar-refractivity contribution in [1.82, 2.24) is 26.2 Å². The number of nitrogens with one attached hydrogen (secondary N) is 4. The summed E-state index contributed by atoms with van der Waals surface area (Å²) in [5, 5.41) is 29.7. The average molecular weight is 963 g/mol. The number of hydrogen-bond acceptors (Lipinski definition) is 15. The molecule has 0 unspecified atom stereocenters. The van der Waals surface area contributed by atoms with Crippen molar-refractivity contribution in [2.75, 3.05) is 26.2 Å². The number of amides is 6. The maximum atomic E-state index is 13.5. The maximum absolute atomic E-state index is 13.5. The molecule has 2 saturated heterocycles. The van der Waals surface area contributed by atoms with Gasteiger partial charge in [-0.1, -0.05) is 20.3 Å². The standard InChI is InChI=1S/C46H74N8O14/c1-26(2)19-30(45(66)52-27(3)36(57)12-16-43(64)54-18-6-8-35(54)39(60)22-29(46(67)68)7-4-5-17-47)20-31(55)25-51-44(65)28(9-13-40(48)61)21-38(59)33(10-14-41(49)62)53-42(63)15-11-37(58)34-23-32(56)24-50-34/h26-30,32-35,50,56H,4-25,47H2,1-3H3,(H2,48,61)(H2,49,62)(H,51,65)(H,52,66)(H,53,63)(H,67,68)/t27-,28+,29+,30+,32+,33-,34-,35-/m0/s1. The Morgan fingerprint density at radius 3 is 2.00 bits per heavy atom. The SMILES string of the molecule is CC(C)C[C@H](CC(=O)CNC(=O)[C@H](CCC(N)=O)CC(=O)[C@H](CCC(N)=O)NC(=O)CCC(=O)[C@@H]1C[C@@H](O)CN1)C(=O)N[C@@H](C)C(=O)CCC(=O)N1CCC[C@H]1C(=O)C[C@@H](CCCCN)C(=O)O. The number of aliphatic carboxylic acids is 1. The third kappa shape index (κ3) is 21.6. The molecule has 0 aliphatic carbocycles. The smallest absolute Gasteiger partial charge is 0.306 e. The number of β-amino-alcohol motifs (C(OH)–C–C–N with tert-alkyl or cyclic N) is 1. The number of primary amides is 2. The van der Waals surface area contributed by atoms with Crippen LogP contribution in [0.2, 0.25) is 0 Å². The molecule has 2 fully saturated rings. The van der Waals surface area contributed by atoms with Gasteiger partial charge in [0.15, 0.2) is 23.1 Å². The third-order valence-corrected chi connectivity index (χ3v) is 12.3. The van der Waals surface area contributed by atoms with Crippen molar-refractivity contribution in [2.24, 2.45) is 40.9 Å². The van der Waals surface area contributed by atoms with Gasteiger partial charge in [0.05, 0.1) is 42.7 Å². The molecule has 2 aliphatic rings. The largest absolute Gasteiger partial charge is 0.481 e. The van der Waals surface area contributed by atoms with Crippen LogP contribution in [0.1, 0.15) is 136 Å². The summed E-state index contributed by atoms with van der Waals surface area (Å²) >= 11 is 0. The minimum Gasteiger partial charge on any atom is -0.481 e. The Balaban J connectivity index is 2.00. The minimum absolute atomic E-state index is 0.0735. The van der Waals surface area contributed by atoms with Crippen molar-refractivity contribution in [3.8, 4) is 0 Å². The normalized spacial score (nSPS) is 19.0. The van der Waals surface area contributed by atoms with Crippen molar-refractivity contribution in [3.63, 3.8) is 0 Å². The summed E-state index contributed by atoms with van der Waals surface area (Å²) in [6, 6.07) is -3.74. The van der Waals surface area contributed by atoms with E-state index in [9.17, 15) is 67.7 Å². The number of rotatable bonds is 35. The average Bonchev–Trinajstić information content (AvgIpc) is 3.95. The molecule has 0 aromatic heterocycles. The van der Waals surface area contributed by atoms with E-state index in [1.807, 2.05) is 13.8 Å². The summed E-state index contributed by atoms with van der Waals surface area (Å²) in [6.07, 6.45) is -0.955. The minimum atomic E-state index is -1.29. The molecule has 0 radical (unpaired) electrons. The Hall–Kier alpha value is -5.48. The number of carboxylic acids is 1. The van der Waals surface area contributed by atoms with Crippen LogP contribution in [0.25, 0.3) is 0 Å². The van der Waals surface area contributed by atoms with E-state index < -0.39 is 120 Å². The van der Waals surface area contributed by atoms with Crippen LogP contribution in [-0.2, 0) is 57.5 Å². The molecule has 6 amide bonds. The monoisotopic (exact) mass is 963 g/mol. The van der Waals surface area contributed by atoms with Gasteiger partial charge in [-0.25, -0.2) is 0 Å². The van der Waals surface area contributed by atoms with Gasteiger partial charge in [-0.2, -0.15) is 0 Å². The first kappa shape index (κ1) is 58.6. The van der Waals surface area contributed by atoms with Crippen LogP contribution in [0.3, 0.4) is 0 Å². The Morgan fingerprint density at radius 1 is 0.721 bits per heavy atom. The lowest BCUT2D eigenvalue weighted by atomic mass is 9.90. The number of nitrogens with zero attached hydrogens (tertiary/aromatic N) is 1. The van der Waals surface area contributed by atoms with Gasteiger partial charge in [0.2, 0.25) is 35.4 Å². The summed E-state index contributed by atoms with van der Waals surface area (Å²) in [6.45, 7) is 5.46. The van der Waals surface area contributed by atoms with E-state index in [2.05, 4.69) is 21.3 Å². The van der Waals surface area contributed by atoms with Gasteiger partial charge < -0.3 is 53.6 Å². The van der Waals surface area contributed by atoms with E-state index >= 15 is 0 Å². The van der Waals surface area contributed by atoms with Crippen LogP contribution < -0.4 is 38.5 Å². The van der Waals surface area contributed by atoms with E-state index in [1.165, 1.54) is 11.8 Å². The lowest BCUT2D eigenvalue weighted by Gasteiger charge is -2.25. The zero-order valence-corrected chi connectivity index (χ0v) is 39.7. The summed E-state index contributed by atoms with van der Waals surface area (Å²) in [5.74, 6) is -10.6. The number of carboxylic acid groups (broad SMARTS) is 1. The molecule has 2 aliphatic heterocycles. The topological polar surface area (TPSA) is 375 Å². The molecule has 8 atom stereocenters. The second kappa shape index (κ2) is 30.1. The van der Waals surface area contributed by atoms with E-state index in [1.54, 1.807) is 0 Å². The van der Waals surface area contributed by atoms with Gasteiger partial charge in [-0.05, 0) is 70.8 Å². The van der Waals surface area contributed by atoms with E-state index in [-0.39, 0.29) is 114 Å². The fraction of sp³-hybridized carbons (Fsp3) is 0.739. The van der Waals surface area contributed by atoms with Crippen molar-refractivity contribution in [2.45, 2.75) is 167 Å². The zero-order chi connectivity index (χ0) is 51.1. The molecule has 0 bridgehead atoms. The zero-order valence-electron chi connectivity index (χ0n) is 39.7. The van der Waals surface area contributed by atoms with Gasteiger partial charge in [0.25, 0.3) is 0 Å². The predicted molar refractivity (Wildman–Crippen MR) is 244 cm³/mol. The number of hydrogen-bond donors (Lipinski definition) is 9. The molecule has 12 N–H and O–H groups in total. The van der Waals surface area contributed by atoms with Crippen molar-refractivity contribution < 1.29 is 67.7 Å². The Kier molecular flexibility index (Phi) is 26.0. The number of nitrogens with two attached hydrogens (primary N) is 3. The summed E-state index contributed by atoms with van der Waals surface area (Å²) in [7, 11) is 0. The van der Waals surface area contributed by atoms with Crippen LogP contribution in [0, 0.1) is 23.7 Å². The highest BCUT2D eigenvalue weighted by molar-refractivity contribution is 5.97. The van der Waals surface area contributed by atoms with Crippen LogP contribution in [0.5, 0.6) is 0 Å². The predicted octanol–water partition coefficient (Wildman–Crippen LogP) is -0.979. The Labute approximate surface area is 397 Å². The number of carbonyl (C=O) groups excluding carboxylic acids is 11. The quantitative estimate of drug-likeness (QED) is 0.0345. The van der Waals surface area contributed by atoms with Gasteiger partial charge >= 0.3 is 5.97 Å². The van der Waals surface area contributed by atoms with Gasteiger partial charge in [0, 0.05) is 82.7 Å². The molecule has 68 heavy (non-hydrogen) atoms. The number of unbranched alkanes of at least 4 members (excludes halogenated alkanes) is 1. The first-order chi connectivity index (χ1) is 32.0. The van der Waals surface area contributed by atoms with Gasteiger partial charge in [0.1, 0.15) is 5.78 Å². The Morgan fingerprint density at radius 2 is 1.40 bits per heavy atom. The number of carbonyl (C=O) groups is 12. The lowest BCUT2D eigenvalue weighted by molar-refractivity contribution is -0.145. The maximum Gasteiger partial charge on any atom is 0.306 e. The number of likely N-dealkylation sites (tertiary alicyclic amines) is 1. The third-order valence-electron chi connectivity index (χ3n) is 12.3. The fourth-order valence-electron chi connectivity index (χ4n) is 8.43. The highest BCUT2D eigenvalue weighted by Crippen LogP contribution is 2.25. The second-order valence-corrected chi connectivity index (χ2v) is 18.5. The summed E-state index contributed by atoms with van der Waals surface area (Å²) < 4.78 is 0. The molecule has 0 saturated carbocycles. The number of Topliss-reactive ketones (excluding diaryl/α,β-unsaturated/α-hetero) is 5. The second-order valence-electron chi connectivity index (χ2n) is 18.5. The molecule has 2 heterocycles. The Bertz CT molecular complexity index is 1820. The number of ketones is 5. The summed E-state index contributed by atoms with van der Waals surface area (Å²) in [4.78, 5) is 155. The van der Waals surface area contributed by atoms with Gasteiger partial charge in [-0.15, -0.1) is 0 Å². The molecular weight excluding hydrogens is 889 g/mol. The molecule has 22 heteroatoms. The molecular formula is C46H74N8O14. The first-order valence-corrected chi connectivity index (χ1v) is 23.7. The number of aliphatic hydroxyl groups excluding tert-OH is 1. The van der Waals surface area contributed by atoms with Crippen LogP contribution in [0.4, 0.5) is 0 Å². The van der Waals surface area contributed by atoms with Crippen LogP contribution in [-0.4, -0.2) is 142 Å². The van der Waals surface area contributed by atoms with Crippen molar-refractivity contribution in [3.05, 3.63) is 0 Å². The van der Waals surface area contributed by atoms with E-state index in [0.717, 1.165) is 0 Å². The highest BCUT2D eigenvalue weighted by Gasteiger charge is 2.37. The molecule has 22 nitrogen and oxygen atoms in total. The molecule has 0 aromatic rings. The molecule has 0 aromatic carbocycles. The van der Waals surface area contributed by atoms with Gasteiger partial charge in [-0.3, -0.25) is 57.5 Å². The molecule has 0 spiro atoms. The highest BCUT2D eigenvalue weighted by atomic mass is 16.4. The molecule has 2 rings (SSSR count). The van der Waals surface area contributed by atoms with E-state index in [0.29, 0.717) is 32.2 Å². The van der Waals surface area contributed by atoms with Crippen molar-refractivity contribution in [1.29, 1.82) is 0 Å². The van der Waals surface area contributed by atoms with E-state index in [4.69, 9.17) is 17.2 Å². The van der Waals surface area contributed by atoms with Crippen LogP contribution >= 0.6 is 0 Å². The lowest BCUT2D eigenvalue weighted by Crippen LogP contribution is -2.45.